The summed E-state index contributed by atoms with van der Waals surface area (Å²) >= 11 is 5.96. The molecule has 3 aromatic rings. The van der Waals surface area contributed by atoms with E-state index in [-0.39, 0.29) is 12.1 Å². The third-order valence-corrected chi connectivity index (χ3v) is 6.05. The number of benzene rings is 2. The largest absolute Gasteiger partial charge is 0.492 e. The van der Waals surface area contributed by atoms with Gasteiger partial charge in [-0.05, 0) is 81.1 Å². The maximum absolute atomic E-state index is 12.0. The number of hydrogen-bond acceptors (Lipinski definition) is 5. The lowest BCUT2D eigenvalue weighted by molar-refractivity contribution is 0.0505. The predicted octanol–water partition coefficient (Wildman–Crippen LogP) is 5.78. The van der Waals surface area contributed by atoms with Crippen molar-refractivity contribution in [1.29, 1.82) is 0 Å². The summed E-state index contributed by atoms with van der Waals surface area (Å²) in [6.07, 6.45) is 2.37. The summed E-state index contributed by atoms with van der Waals surface area (Å²) in [5.41, 5.74) is 3.20. The van der Waals surface area contributed by atoms with Crippen molar-refractivity contribution in [3.05, 3.63) is 83.1 Å². The van der Waals surface area contributed by atoms with Gasteiger partial charge in [0.1, 0.15) is 23.7 Å². The Labute approximate surface area is 224 Å². The summed E-state index contributed by atoms with van der Waals surface area (Å²) in [5.74, 6) is 7.07. The Morgan fingerprint density at radius 1 is 1.05 bits per heavy atom. The fourth-order valence-electron chi connectivity index (χ4n) is 3.97. The van der Waals surface area contributed by atoms with E-state index < -0.39 is 5.60 Å². The Balaban J connectivity index is 1.20. The minimum Gasteiger partial charge on any atom is -0.492 e. The molecule has 0 aliphatic carbocycles. The number of nitrogens with one attached hydrogen (secondary N) is 1. The van der Waals surface area contributed by atoms with Crippen molar-refractivity contribution in [3.8, 4) is 28.7 Å². The molecule has 0 saturated carbocycles. The highest BCUT2D eigenvalue weighted by Gasteiger charge is 2.25. The monoisotopic (exact) mass is 517 g/mol. The Morgan fingerprint density at radius 2 is 1.78 bits per heavy atom. The molecule has 1 amide bonds. The molecule has 6 nitrogen and oxygen atoms in total. The maximum Gasteiger partial charge on any atom is 0.407 e. The first kappa shape index (κ1) is 26.5. The highest BCUT2D eigenvalue weighted by atomic mass is 35.5. The maximum atomic E-state index is 12.0. The summed E-state index contributed by atoms with van der Waals surface area (Å²) in [5, 5.41) is 3.66. The number of rotatable bonds is 6. The smallest absolute Gasteiger partial charge is 0.407 e. The van der Waals surface area contributed by atoms with Crippen LogP contribution in [-0.2, 0) is 4.74 Å². The van der Waals surface area contributed by atoms with Gasteiger partial charge in [-0.2, -0.15) is 0 Å². The van der Waals surface area contributed by atoms with Crippen molar-refractivity contribution < 1.29 is 14.3 Å². The second-order valence-electron chi connectivity index (χ2n) is 9.99. The number of aromatic nitrogens is 1. The summed E-state index contributed by atoms with van der Waals surface area (Å²) < 4.78 is 11.2. The van der Waals surface area contributed by atoms with Gasteiger partial charge in [0.25, 0.3) is 0 Å². The number of likely N-dealkylation sites (tertiary alicyclic amines) is 1. The van der Waals surface area contributed by atoms with Crippen molar-refractivity contribution in [2.45, 2.75) is 38.8 Å². The van der Waals surface area contributed by atoms with Gasteiger partial charge >= 0.3 is 6.09 Å². The van der Waals surface area contributed by atoms with Crippen molar-refractivity contribution in [3.63, 3.8) is 0 Å². The summed E-state index contributed by atoms with van der Waals surface area (Å²) in [7, 11) is 0. The number of ether oxygens (including phenoxy) is 2. The summed E-state index contributed by atoms with van der Waals surface area (Å²) in [4.78, 5) is 18.7. The van der Waals surface area contributed by atoms with E-state index in [0.717, 1.165) is 48.5 Å². The van der Waals surface area contributed by atoms with E-state index in [0.29, 0.717) is 17.3 Å². The van der Waals surface area contributed by atoms with Gasteiger partial charge in [0.2, 0.25) is 0 Å². The van der Waals surface area contributed by atoms with Crippen molar-refractivity contribution in [2.24, 2.45) is 0 Å². The Bertz CT molecular complexity index is 1240. The number of halogens is 1. The Hall–Kier alpha value is -3.53. The highest BCUT2D eigenvalue weighted by molar-refractivity contribution is 6.30. The summed E-state index contributed by atoms with van der Waals surface area (Å²) in [6, 6.07) is 19.5. The third-order valence-electron chi connectivity index (χ3n) is 5.80. The van der Waals surface area contributed by atoms with Crippen molar-refractivity contribution >= 4 is 17.7 Å². The molecule has 0 spiro atoms. The number of pyridine rings is 1. The van der Waals surface area contributed by atoms with Gasteiger partial charge in [-0.25, -0.2) is 9.78 Å². The van der Waals surface area contributed by atoms with Gasteiger partial charge in [-0.3, -0.25) is 4.90 Å². The molecular weight excluding hydrogens is 486 g/mol. The fourth-order valence-corrected chi connectivity index (χ4v) is 4.10. The molecule has 1 aliphatic heterocycles. The van der Waals surface area contributed by atoms with Gasteiger partial charge in [-0.15, -0.1) is 0 Å². The molecular formula is C30H32ClN3O3. The number of alkyl carbamates (subject to hydrolysis) is 1. The molecule has 7 heteroatoms. The standard InChI is InChI=1S/C30H32ClN3O3/c1-30(2,3)37-29(35)33-27-16-17-34(21-27)18-19-36-28-14-5-22(6-15-28)4-12-26-13-9-24(20-32-26)23-7-10-25(31)11-8-23/h5-11,13-15,20,27H,16-19,21H2,1-3H3,(H,33,35). The number of carbonyl (C=O) groups excluding carboxylic acids is 1. The quantitative estimate of drug-likeness (QED) is 0.420. The molecule has 2 heterocycles. The summed E-state index contributed by atoms with van der Waals surface area (Å²) in [6.45, 7) is 8.69. The second kappa shape index (κ2) is 12.1. The topological polar surface area (TPSA) is 63.7 Å². The zero-order valence-corrected chi connectivity index (χ0v) is 22.2. The third kappa shape index (κ3) is 8.52. The molecule has 1 fully saturated rings. The lowest BCUT2D eigenvalue weighted by Gasteiger charge is -2.22. The van der Waals surface area contributed by atoms with E-state index in [1.54, 1.807) is 0 Å². The Kier molecular flexibility index (Phi) is 8.70. The zero-order chi connectivity index (χ0) is 26.3. The first-order chi connectivity index (χ1) is 17.7. The van der Waals surface area contributed by atoms with Crippen LogP contribution >= 0.6 is 11.6 Å². The van der Waals surface area contributed by atoms with Crippen LogP contribution in [-0.4, -0.2) is 53.9 Å². The van der Waals surface area contributed by atoms with Crippen LogP contribution in [0.15, 0.2) is 66.9 Å². The first-order valence-corrected chi connectivity index (χ1v) is 12.8. The van der Waals surface area contributed by atoms with Crippen molar-refractivity contribution in [1.82, 2.24) is 15.2 Å². The van der Waals surface area contributed by atoms with E-state index >= 15 is 0 Å². The van der Waals surface area contributed by atoms with Gasteiger partial charge in [0.05, 0.1) is 0 Å². The van der Waals surface area contributed by atoms with Crippen LogP contribution in [0.3, 0.4) is 0 Å². The molecule has 37 heavy (non-hydrogen) atoms. The highest BCUT2D eigenvalue weighted by Crippen LogP contribution is 2.21. The van der Waals surface area contributed by atoms with Gasteiger partial charge in [0.15, 0.2) is 0 Å². The van der Waals surface area contributed by atoms with Crippen molar-refractivity contribution in [2.75, 3.05) is 26.2 Å². The molecule has 1 saturated heterocycles. The molecule has 4 rings (SSSR count). The zero-order valence-electron chi connectivity index (χ0n) is 21.5. The first-order valence-electron chi connectivity index (χ1n) is 12.4. The molecule has 1 N–H and O–H groups in total. The van der Waals surface area contributed by atoms with Crippen LogP contribution in [0.5, 0.6) is 5.75 Å². The molecule has 0 bridgehead atoms. The van der Waals surface area contributed by atoms with E-state index in [2.05, 4.69) is 27.0 Å². The van der Waals surface area contributed by atoms with Crippen LogP contribution in [0.2, 0.25) is 5.02 Å². The lowest BCUT2D eigenvalue weighted by atomic mass is 10.1. The minimum atomic E-state index is -0.488. The molecule has 1 atom stereocenters. The van der Waals surface area contributed by atoms with Crippen LogP contribution < -0.4 is 10.1 Å². The SMILES string of the molecule is CC(C)(C)OC(=O)NC1CCN(CCOc2ccc(C#Cc3ccc(-c4ccc(Cl)cc4)cn3)cc2)C1. The van der Waals surface area contributed by atoms with Gasteiger partial charge in [-0.1, -0.05) is 35.7 Å². The normalized spacial score (nSPS) is 15.5. The average molecular weight is 518 g/mol. The molecule has 192 valence electrons. The van der Waals surface area contributed by atoms with E-state index in [9.17, 15) is 4.79 Å². The molecule has 0 radical (unpaired) electrons. The predicted molar refractivity (Wildman–Crippen MR) is 147 cm³/mol. The molecule has 2 aromatic carbocycles. The number of hydrogen-bond donors (Lipinski definition) is 1. The van der Waals surface area contributed by atoms with Crippen LogP contribution in [0.4, 0.5) is 4.79 Å². The second-order valence-corrected chi connectivity index (χ2v) is 10.4. The lowest BCUT2D eigenvalue weighted by Crippen LogP contribution is -2.40. The average Bonchev–Trinajstić information content (AvgIpc) is 3.30. The van der Waals surface area contributed by atoms with Gasteiger partial charge < -0.3 is 14.8 Å². The number of carbonyl (C=O) groups is 1. The number of amides is 1. The molecule has 1 aliphatic rings. The molecule has 1 aromatic heterocycles. The van der Waals surface area contributed by atoms with E-state index in [1.807, 2.05) is 87.6 Å². The van der Waals surface area contributed by atoms with Crippen LogP contribution in [0.25, 0.3) is 11.1 Å². The number of nitrogens with zero attached hydrogens (tertiary/aromatic N) is 2. The van der Waals surface area contributed by atoms with Crippen LogP contribution in [0, 0.1) is 11.8 Å². The van der Waals surface area contributed by atoms with Gasteiger partial charge in [0, 0.05) is 48.0 Å². The Morgan fingerprint density at radius 3 is 2.46 bits per heavy atom. The fraction of sp³-hybridized carbons (Fsp3) is 0.333. The van der Waals surface area contributed by atoms with E-state index in [4.69, 9.17) is 21.1 Å². The van der Waals surface area contributed by atoms with Crippen LogP contribution in [0.1, 0.15) is 38.4 Å². The van der Waals surface area contributed by atoms with E-state index in [1.165, 1.54) is 0 Å². The minimum absolute atomic E-state index is 0.107. The molecule has 1 unspecified atom stereocenters.